The Morgan fingerprint density at radius 3 is 2.32 bits per heavy atom. The topological polar surface area (TPSA) is 49.6 Å². The predicted molar refractivity (Wildman–Crippen MR) is 77.8 cm³/mol. The van der Waals surface area contributed by atoms with Crippen LogP contribution in [0.4, 0.5) is 0 Å². The number of likely N-dealkylation sites (N-methyl/N-ethyl adjacent to an activating group) is 1. The monoisotopic (exact) mass is 267 g/mol. The number of hydrogen-bond donors (Lipinski definition) is 1. The van der Waals surface area contributed by atoms with Crippen molar-refractivity contribution < 1.29 is 4.79 Å². The van der Waals surface area contributed by atoms with Crippen LogP contribution in [0.25, 0.3) is 0 Å². The molecule has 0 bridgehead atoms. The maximum absolute atomic E-state index is 12.5. The summed E-state index contributed by atoms with van der Waals surface area (Å²) in [5.41, 5.74) is 5.86. The van der Waals surface area contributed by atoms with Gasteiger partial charge in [-0.05, 0) is 58.9 Å². The SMILES string of the molecule is CC1CCCC(C)N1C(=O)CN(C)C(CN)C1CC1. The van der Waals surface area contributed by atoms with Crippen LogP contribution in [0.1, 0.15) is 46.0 Å². The highest BCUT2D eigenvalue weighted by atomic mass is 16.2. The largest absolute Gasteiger partial charge is 0.336 e. The van der Waals surface area contributed by atoms with E-state index in [1.165, 1.54) is 19.3 Å². The Morgan fingerprint density at radius 1 is 1.26 bits per heavy atom. The van der Waals surface area contributed by atoms with Gasteiger partial charge in [-0.2, -0.15) is 0 Å². The summed E-state index contributed by atoms with van der Waals surface area (Å²) in [7, 11) is 2.05. The first-order valence-corrected chi connectivity index (χ1v) is 7.76. The van der Waals surface area contributed by atoms with Gasteiger partial charge in [0.05, 0.1) is 6.54 Å². The summed E-state index contributed by atoms with van der Waals surface area (Å²) in [5.74, 6) is 1.00. The zero-order valence-electron chi connectivity index (χ0n) is 12.6. The molecule has 3 unspecified atom stereocenters. The molecule has 4 nitrogen and oxygen atoms in total. The van der Waals surface area contributed by atoms with Gasteiger partial charge in [0.2, 0.25) is 5.91 Å². The van der Waals surface area contributed by atoms with Gasteiger partial charge in [0, 0.05) is 24.7 Å². The van der Waals surface area contributed by atoms with Gasteiger partial charge < -0.3 is 10.6 Å². The molecule has 3 atom stereocenters. The van der Waals surface area contributed by atoms with Crippen LogP contribution in [-0.2, 0) is 4.79 Å². The number of hydrogen-bond acceptors (Lipinski definition) is 3. The predicted octanol–water partition coefficient (Wildman–Crippen LogP) is 1.45. The normalized spacial score (nSPS) is 29.6. The van der Waals surface area contributed by atoms with Gasteiger partial charge in [0.1, 0.15) is 0 Å². The Labute approximate surface area is 117 Å². The molecule has 0 aromatic rings. The van der Waals surface area contributed by atoms with E-state index in [0.29, 0.717) is 31.2 Å². The average Bonchev–Trinajstić information content (AvgIpc) is 3.14. The van der Waals surface area contributed by atoms with Crippen LogP contribution in [-0.4, -0.2) is 54.0 Å². The van der Waals surface area contributed by atoms with Crippen molar-refractivity contribution in [2.24, 2.45) is 11.7 Å². The van der Waals surface area contributed by atoms with Crippen molar-refractivity contribution in [1.29, 1.82) is 0 Å². The second-order valence-corrected chi connectivity index (χ2v) is 6.49. The van der Waals surface area contributed by atoms with Gasteiger partial charge >= 0.3 is 0 Å². The van der Waals surface area contributed by atoms with Crippen LogP contribution in [0, 0.1) is 5.92 Å². The van der Waals surface area contributed by atoms with E-state index in [4.69, 9.17) is 5.73 Å². The van der Waals surface area contributed by atoms with Crippen LogP contribution >= 0.6 is 0 Å². The van der Waals surface area contributed by atoms with Gasteiger partial charge in [0.15, 0.2) is 0 Å². The van der Waals surface area contributed by atoms with Crippen LogP contribution in [0.15, 0.2) is 0 Å². The molecule has 2 rings (SSSR count). The van der Waals surface area contributed by atoms with Crippen molar-refractivity contribution in [3.8, 4) is 0 Å². The second kappa shape index (κ2) is 6.23. The third-order valence-corrected chi connectivity index (χ3v) is 4.84. The Morgan fingerprint density at radius 2 is 1.84 bits per heavy atom. The molecule has 1 amide bonds. The first-order valence-electron chi connectivity index (χ1n) is 7.76. The standard InChI is InChI=1S/C15H29N3O/c1-11-5-4-6-12(2)18(11)15(19)10-17(3)14(9-16)13-7-8-13/h11-14H,4-10,16H2,1-3H3. The van der Waals surface area contributed by atoms with Crippen molar-refractivity contribution >= 4 is 5.91 Å². The van der Waals surface area contributed by atoms with E-state index in [9.17, 15) is 4.79 Å². The first-order chi connectivity index (χ1) is 9.04. The minimum Gasteiger partial charge on any atom is -0.336 e. The molecule has 0 spiro atoms. The minimum atomic E-state index is 0.279. The lowest BCUT2D eigenvalue weighted by atomic mass is 9.97. The van der Waals surface area contributed by atoms with E-state index in [1.807, 2.05) is 7.05 Å². The number of nitrogens with zero attached hydrogens (tertiary/aromatic N) is 2. The van der Waals surface area contributed by atoms with E-state index >= 15 is 0 Å². The van der Waals surface area contributed by atoms with Crippen LogP contribution in [0.5, 0.6) is 0 Å². The van der Waals surface area contributed by atoms with E-state index in [2.05, 4.69) is 23.6 Å². The molecule has 2 aliphatic rings. The number of carbonyl (C=O) groups excluding carboxylic acids is 1. The highest BCUT2D eigenvalue weighted by Crippen LogP contribution is 2.34. The summed E-state index contributed by atoms with van der Waals surface area (Å²) in [4.78, 5) is 16.8. The van der Waals surface area contributed by atoms with Gasteiger partial charge in [-0.25, -0.2) is 0 Å². The summed E-state index contributed by atoms with van der Waals surface area (Å²) in [6.45, 7) is 5.54. The van der Waals surface area contributed by atoms with Crippen molar-refractivity contribution in [3.05, 3.63) is 0 Å². The van der Waals surface area contributed by atoms with E-state index in [0.717, 1.165) is 18.8 Å². The van der Waals surface area contributed by atoms with Gasteiger partial charge in [-0.1, -0.05) is 0 Å². The highest BCUT2D eigenvalue weighted by Gasteiger charge is 2.35. The smallest absolute Gasteiger partial charge is 0.237 e. The molecule has 1 aliphatic carbocycles. The zero-order chi connectivity index (χ0) is 14.0. The summed E-state index contributed by atoms with van der Waals surface area (Å²) < 4.78 is 0. The second-order valence-electron chi connectivity index (χ2n) is 6.49. The molecular formula is C15H29N3O. The lowest BCUT2D eigenvalue weighted by Crippen LogP contribution is -2.52. The van der Waals surface area contributed by atoms with Crippen LogP contribution < -0.4 is 5.73 Å². The Kier molecular flexibility index (Phi) is 4.85. The van der Waals surface area contributed by atoms with Crippen molar-refractivity contribution in [2.75, 3.05) is 20.1 Å². The third kappa shape index (κ3) is 3.48. The van der Waals surface area contributed by atoms with Crippen molar-refractivity contribution in [3.63, 3.8) is 0 Å². The number of amides is 1. The van der Waals surface area contributed by atoms with Crippen LogP contribution in [0.2, 0.25) is 0 Å². The van der Waals surface area contributed by atoms with Gasteiger partial charge in [-0.15, -0.1) is 0 Å². The molecule has 0 aromatic heterocycles. The maximum Gasteiger partial charge on any atom is 0.237 e. The summed E-state index contributed by atoms with van der Waals surface area (Å²) in [6, 6.07) is 1.17. The van der Waals surface area contributed by atoms with Gasteiger partial charge in [0.25, 0.3) is 0 Å². The van der Waals surface area contributed by atoms with E-state index in [1.54, 1.807) is 0 Å². The van der Waals surface area contributed by atoms with Gasteiger partial charge in [-0.3, -0.25) is 9.69 Å². The molecular weight excluding hydrogens is 238 g/mol. The molecule has 19 heavy (non-hydrogen) atoms. The number of likely N-dealkylation sites (tertiary alicyclic amines) is 1. The summed E-state index contributed by atoms with van der Waals surface area (Å²) in [6.07, 6.45) is 6.08. The Balaban J connectivity index is 1.91. The molecule has 0 aromatic carbocycles. The highest BCUT2D eigenvalue weighted by molar-refractivity contribution is 5.79. The van der Waals surface area contributed by atoms with Crippen molar-refractivity contribution in [2.45, 2.75) is 64.1 Å². The molecule has 2 N–H and O–H groups in total. The molecule has 1 saturated carbocycles. The molecule has 110 valence electrons. The fraction of sp³-hybridized carbons (Fsp3) is 0.933. The summed E-state index contributed by atoms with van der Waals surface area (Å²) >= 11 is 0. The van der Waals surface area contributed by atoms with Crippen molar-refractivity contribution in [1.82, 2.24) is 9.80 Å². The lowest BCUT2D eigenvalue weighted by molar-refractivity contribution is -0.138. The Hall–Kier alpha value is -0.610. The number of piperidine rings is 1. The fourth-order valence-corrected chi connectivity index (χ4v) is 3.54. The minimum absolute atomic E-state index is 0.279. The maximum atomic E-state index is 12.5. The third-order valence-electron chi connectivity index (χ3n) is 4.84. The molecule has 1 aliphatic heterocycles. The fourth-order valence-electron chi connectivity index (χ4n) is 3.54. The summed E-state index contributed by atoms with van der Waals surface area (Å²) in [5, 5.41) is 0. The number of carbonyl (C=O) groups is 1. The lowest BCUT2D eigenvalue weighted by Gasteiger charge is -2.40. The zero-order valence-corrected chi connectivity index (χ0v) is 12.6. The van der Waals surface area contributed by atoms with E-state index in [-0.39, 0.29) is 5.91 Å². The molecule has 1 heterocycles. The molecule has 1 saturated heterocycles. The molecule has 4 heteroatoms. The number of rotatable bonds is 5. The Bertz CT molecular complexity index is 307. The van der Waals surface area contributed by atoms with Crippen LogP contribution in [0.3, 0.4) is 0 Å². The first kappa shape index (κ1) is 14.8. The quantitative estimate of drug-likeness (QED) is 0.820. The van der Waals surface area contributed by atoms with E-state index < -0.39 is 0 Å². The molecule has 2 fully saturated rings. The number of nitrogens with two attached hydrogens (primary N) is 1. The molecule has 0 radical (unpaired) electrons. The average molecular weight is 267 g/mol.